The van der Waals surface area contributed by atoms with E-state index in [9.17, 15) is 0 Å². The van der Waals surface area contributed by atoms with E-state index in [-0.39, 0.29) is 6.10 Å². The molecular formula is C33H50N4O4. The third kappa shape index (κ3) is 8.36. The molecule has 0 amide bonds. The Balaban J connectivity index is 1.23. The summed E-state index contributed by atoms with van der Waals surface area (Å²) in [5.74, 6) is 2.17. The van der Waals surface area contributed by atoms with Crippen molar-refractivity contribution in [3.8, 4) is 11.5 Å². The first-order valence-electron chi connectivity index (χ1n) is 15.6. The first-order valence-corrected chi connectivity index (χ1v) is 15.6. The summed E-state index contributed by atoms with van der Waals surface area (Å²) in [6.45, 7) is 8.21. The molecule has 0 aliphatic carbocycles. The standard InChI is InChI=1S/C33H50N4O4/c1-24(36-33-7-4-5-14-34-33)19-27-21-29(26-9-11-28(39-3)12-10-26)32(22-35-27)41-23-25-8-13-31-30(20-25)37(16-18-40-31)15-6-17-38-2/h8-13,20,24,27,29,32-36H,4-7,14-19,21-23H2,1-3H3/t24-,27-,29-,32+,33?/m1/s1. The van der Waals surface area contributed by atoms with Crippen molar-refractivity contribution in [3.63, 3.8) is 0 Å². The Labute approximate surface area is 246 Å². The number of fused-ring (bicyclic) bond motifs is 1. The molecule has 3 N–H and O–H groups in total. The van der Waals surface area contributed by atoms with Crippen LogP contribution in [-0.2, 0) is 16.1 Å². The number of rotatable bonds is 13. The fraction of sp³-hybridized carbons (Fsp3) is 0.636. The molecule has 0 spiro atoms. The fourth-order valence-electron chi connectivity index (χ4n) is 6.60. The molecule has 0 radical (unpaired) electrons. The highest BCUT2D eigenvalue weighted by molar-refractivity contribution is 5.61. The number of hydrogen-bond donors (Lipinski definition) is 3. The zero-order chi connectivity index (χ0) is 28.4. The van der Waals surface area contributed by atoms with Crippen LogP contribution in [0.25, 0.3) is 0 Å². The van der Waals surface area contributed by atoms with Gasteiger partial charge in [-0.05, 0) is 87.4 Å². The molecule has 2 aromatic rings. The Kier molecular flexibility index (Phi) is 11.2. The van der Waals surface area contributed by atoms with Crippen molar-refractivity contribution in [3.05, 3.63) is 53.6 Å². The van der Waals surface area contributed by atoms with E-state index in [1.165, 1.54) is 30.4 Å². The van der Waals surface area contributed by atoms with Gasteiger partial charge in [0.25, 0.3) is 0 Å². The predicted octanol–water partition coefficient (Wildman–Crippen LogP) is 4.43. The molecule has 0 saturated carbocycles. The summed E-state index contributed by atoms with van der Waals surface area (Å²) in [6, 6.07) is 15.9. The Morgan fingerprint density at radius 2 is 1.98 bits per heavy atom. The van der Waals surface area contributed by atoms with Gasteiger partial charge in [0.1, 0.15) is 18.1 Å². The van der Waals surface area contributed by atoms with E-state index < -0.39 is 0 Å². The number of nitrogens with zero attached hydrogens (tertiary/aromatic N) is 1. The Hall–Kier alpha value is -2.36. The summed E-state index contributed by atoms with van der Waals surface area (Å²) in [5, 5.41) is 11.3. The van der Waals surface area contributed by atoms with Crippen LogP contribution in [0.2, 0.25) is 0 Å². The van der Waals surface area contributed by atoms with Crippen LogP contribution in [0.5, 0.6) is 11.5 Å². The summed E-state index contributed by atoms with van der Waals surface area (Å²) in [5.41, 5.74) is 3.66. The predicted molar refractivity (Wildman–Crippen MR) is 164 cm³/mol. The summed E-state index contributed by atoms with van der Waals surface area (Å²) in [6.07, 6.45) is 7.48. The number of piperidine rings is 2. The van der Waals surface area contributed by atoms with Crippen molar-refractivity contribution in [2.45, 2.75) is 82.3 Å². The number of benzene rings is 2. The average Bonchev–Trinajstić information content (AvgIpc) is 3.01. The minimum absolute atomic E-state index is 0.0907. The molecule has 8 nitrogen and oxygen atoms in total. The van der Waals surface area contributed by atoms with Crippen molar-refractivity contribution < 1.29 is 18.9 Å². The number of hydrogen-bond acceptors (Lipinski definition) is 8. The van der Waals surface area contributed by atoms with Crippen LogP contribution >= 0.6 is 0 Å². The van der Waals surface area contributed by atoms with Gasteiger partial charge >= 0.3 is 0 Å². The van der Waals surface area contributed by atoms with Crippen molar-refractivity contribution in [2.75, 3.05) is 58.5 Å². The first kappa shape index (κ1) is 30.1. The summed E-state index contributed by atoms with van der Waals surface area (Å²) >= 11 is 0. The molecular weight excluding hydrogens is 516 g/mol. The van der Waals surface area contributed by atoms with Crippen molar-refractivity contribution in [1.29, 1.82) is 0 Å². The minimum atomic E-state index is 0.0907. The topological polar surface area (TPSA) is 76.2 Å². The molecule has 3 heterocycles. The van der Waals surface area contributed by atoms with Gasteiger partial charge in [-0.3, -0.25) is 5.32 Å². The second-order valence-electron chi connectivity index (χ2n) is 11.9. The van der Waals surface area contributed by atoms with E-state index in [0.717, 1.165) is 75.8 Å². The molecule has 2 aromatic carbocycles. The van der Waals surface area contributed by atoms with E-state index in [1.54, 1.807) is 14.2 Å². The molecule has 2 fully saturated rings. The minimum Gasteiger partial charge on any atom is -0.497 e. The smallest absolute Gasteiger partial charge is 0.142 e. The van der Waals surface area contributed by atoms with Crippen LogP contribution in [0.1, 0.15) is 62.5 Å². The van der Waals surface area contributed by atoms with E-state index >= 15 is 0 Å². The van der Waals surface area contributed by atoms with E-state index in [0.29, 0.717) is 30.8 Å². The van der Waals surface area contributed by atoms with E-state index in [1.807, 2.05) is 0 Å². The number of ether oxygens (including phenoxy) is 4. The van der Waals surface area contributed by atoms with Gasteiger partial charge < -0.3 is 34.5 Å². The number of anilines is 1. The van der Waals surface area contributed by atoms with Gasteiger partial charge in [0, 0.05) is 44.8 Å². The highest BCUT2D eigenvalue weighted by Gasteiger charge is 2.33. The lowest BCUT2D eigenvalue weighted by molar-refractivity contribution is 0.00151. The summed E-state index contributed by atoms with van der Waals surface area (Å²) < 4.78 is 23.4. The van der Waals surface area contributed by atoms with Crippen LogP contribution in [-0.4, -0.2) is 78.0 Å². The number of methoxy groups -OCH3 is 2. The molecule has 5 atom stereocenters. The van der Waals surface area contributed by atoms with Gasteiger partial charge in [0.15, 0.2) is 0 Å². The Morgan fingerprint density at radius 3 is 2.76 bits per heavy atom. The van der Waals surface area contributed by atoms with E-state index in [2.05, 4.69) is 70.2 Å². The number of nitrogens with one attached hydrogen (secondary N) is 3. The highest BCUT2D eigenvalue weighted by Crippen LogP contribution is 2.35. The van der Waals surface area contributed by atoms with Gasteiger partial charge in [-0.1, -0.05) is 18.2 Å². The first-order chi connectivity index (χ1) is 20.1. The van der Waals surface area contributed by atoms with Crippen molar-refractivity contribution >= 4 is 5.69 Å². The Morgan fingerprint density at radius 1 is 1.10 bits per heavy atom. The van der Waals surface area contributed by atoms with Crippen LogP contribution < -0.4 is 30.3 Å². The molecule has 3 aliphatic rings. The van der Waals surface area contributed by atoms with Crippen molar-refractivity contribution in [1.82, 2.24) is 16.0 Å². The SMILES string of the molecule is COCCCN1CCOc2ccc(CO[C@H]3CN[C@H](C[C@@H](C)NC4CCCCN4)C[C@@H]3c3ccc(OC)cc3)cc21. The largest absolute Gasteiger partial charge is 0.497 e. The third-order valence-corrected chi connectivity index (χ3v) is 8.80. The molecule has 8 heteroatoms. The lowest BCUT2D eigenvalue weighted by atomic mass is 9.82. The van der Waals surface area contributed by atoms with Crippen LogP contribution in [0.4, 0.5) is 5.69 Å². The molecule has 0 aromatic heterocycles. The zero-order valence-electron chi connectivity index (χ0n) is 25.2. The lowest BCUT2D eigenvalue weighted by Gasteiger charge is -2.39. The quantitative estimate of drug-likeness (QED) is 0.308. The van der Waals surface area contributed by atoms with Gasteiger partial charge in [0.2, 0.25) is 0 Å². The summed E-state index contributed by atoms with van der Waals surface area (Å²) in [7, 11) is 3.48. The maximum absolute atomic E-state index is 6.69. The highest BCUT2D eigenvalue weighted by atomic mass is 16.5. The molecule has 2 saturated heterocycles. The lowest BCUT2D eigenvalue weighted by Crippen LogP contribution is -2.52. The summed E-state index contributed by atoms with van der Waals surface area (Å²) in [4.78, 5) is 2.41. The van der Waals surface area contributed by atoms with Crippen LogP contribution in [0.15, 0.2) is 42.5 Å². The fourth-order valence-corrected chi connectivity index (χ4v) is 6.60. The molecule has 0 bridgehead atoms. The normalized spacial score (nSPS) is 25.3. The molecule has 5 rings (SSSR count). The van der Waals surface area contributed by atoms with Gasteiger partial charge in [-0.15, -0.1) is 0 Å². The monoisotopic (exact) mass is 566 g/mol. The maximum atomic E-state index is 6.69. The van der Waals surface area contributed by atoms with E-state index in [4.69, 9.17) is 18.9 Å². The second-order valence-corrected chi connectivity index (χ2v) is 11.9. The third-order valence-electron chi connectivity index (χ3n) is 8.80. The Bertz CT molecular complexity index is 1060. The molecule has 41 heavy (non-hydrogen) atoms. The van der Waals surface area contributed by atoms with Gasteiger partial charge in [-0.2, -0.15) is 0 Å². The average molecular weight is 567 g/mol. The van der Waals surface area contributed by atoms with Crippen LogP contribution in [0, 0.1) is 0 Å². The molecule has 1 unspecified atom stereocenters. The van der Waals surface area contributed by atoms with Gasteiger partial charge in [-0.25, -0.2) is 0 Å². The maximum Gasteiger partial charge on any atom is 0.142 e. The van der Waals surface area contributed by atoms with Crippen LogP contribution in [0.3, 0.4) is 0 Å². The van der Waals surface area contributed by atoms with Gasteiger partial charge in [0.05, 0.1) is 38.2 Å². The zero-order valence-corrected chi connectivity index (χ0v) is 25.2. The molecule has 226 valence electrons. The molecule has 3 aliphatic heterocycles. The second kappa shape index (κ2) is 15.2. The van der Waals surface area contributed by atoms with Crippen molar-refractivity contribution in [2.24, 2.45) is 0 Å².